The van der Waals surface area contributed by atoms with Gasteiger partial charge in [0.25, 0.3) is 0 Å². The van der Waals surface area contributed by atoms with Crippen LogP contribution in [0.5, 0.6) is 0 Å². The lowest BCUT2D eigenvalue weighted by Crippen LogP contribution is -2.11. The Morgan fingerprint density at radius 2 is 0.941 bits per heavy atom. The minimum Gasteiger partial charge on any atom is -0.0654 e. The zero-order valence-corrected chi connectivity index (χ0v) is 13.8. The normalized spacial score (nSPS) is 12.0. The van der Waals surface area contributed by atoms with Crippen LogP contribution in [0.4, 0.5) is 0 Å². The van der Waals surface area contributed by atoms with Crippen molar-refractivity contribution in [3.05, 3.63) is 0 Å². The molecule has 0 rings (SSSR count). The molecule has 0 aliphatic rings. The highest BCUT2D eigenvalue weighted by Gasteiger charge is 2.33. The van der Waals surface area contributed by atoms with Crippen LogP contribution < -0.4 is 0 Å². The molecule has 0 fully saturated rings. The van der Waals surface area contributed by atoms with E-state index in [2.05, 4.69) is 27.7 Å². The zero-order chi connectivity index (χ0) is 13.0. The van der Waals surface area contributed by atoms with Crippen molar-refractivity contribution < 1.29 is 0 Å². The summed E-state index contributed by atoms with van der Waals surface area (Å²) in [5, 5.41) is 0. The molecule has 1 heteroatoms. The molecule has 0 nitrogen and oxygen atoms in total. The number of hydrogen-bond acceptors (Lipinski definition) is 0. The smallest absolute Gasteiger partial charge is 0.0594 e. The predicted octanol–water partition coefficient (Wildman–Crippen LogP) is 6.20. The van der Waals surface area contributed by atoms with Crippen molar-refractivity contribution in [1.29, 1.82) is 0 Å². The lowest BCUT2D eigenvalue weighted by molar-refractivity contribution is 0.656. The van der Waals surface area contributed by atoms with E-state index in [0.717, 1.165) is 0 Å². The van der Waals surface area contributed by atoms with Gasteiger partial charge in [-0.1, -0.05) is 47.0 Å². The van der Waals surface area contributed by atoms with Gasteiger partial charge < -0.3 is 0 Å². The topological polar surface area (TPSA) is 0 Å². The minimum absolute atomic E-state index is 0.545. The summed E-state index contributed by atoms with van der Waals surface area (Å²) in [6.07, 6.45) is 17.9. The molecule has 104 valence electrons. The minimum atomic E-state index is -0.545. The zero-order valence-electron chi connectivity index (χ0n) is 12.9. The van der Waals surface area contributed by atoms with Gasteiger partial charge in [-0.25, -0.2) is 0 Å². The molecule has 0 atom stereocenters. The molecule has 0 aromatic rings. The maximum Gasteiger partial charge on any atom is 0.0594 e. The summed E-state index contributed by atoms with van der Waals surface area (Å²) in [6, 6.07) is 0. The van der Waals surface area contributed by atoms with E-state index in [1.165, 1.54) is 51.4 Å². The standard InChI is InChI=1S/C16H36P/c1-5-9-10-11-12-16-17(13-6-2,14-7-3)15-8-4/h5-16H2,1-4H3/q+1. The molecule has 0 bridgehead atoms. The Kier molecular flexibility index (Phi) is 11.8. The summed E-state index contributed by atoms with van der Waals surface area (Å²) in [4.78, 5) is 0. The second kappa shape index (κ2) is 11.5. The first-order valence-electron chi connectivity index (χ1n) is 8.09. The van der Waals surface area contributed by atoms with Crippen LogP contribution in [0.1, 0.15) is 79.1 Å². The summed E-state index contributed by atoms with van der Waals surface area (Å²) in [6.45, 7) is 9.47. The van der Waals surface area contributed by atoms with E-state index in [1.807, 2.05) is 0 Å². The van der Waals surface area contributed by atoms with E-state index < -0.39 is 7.26 Å². The maximum absolute atomic E-state index is 2.39. The Bertz CT molecular complexity index is 137. The van der Waals surface area contributed by atoms with Crippen LogP contribution >= 0.6 is 7.26 Å². The molecule has 0 radical (unpaired) electrons. The first kappa shape index (κ1) is 17.4. The highest BCUT2D eigenvalue weighted by atomic mass is 31.2. The average molecular weight is 259 g/mol. The van der Waals surface area contributed by atoms with Crippen molar-refractivity contribution in [1.82, 2.24) is 0 Å². The Labute approximate surface area is 111 Å². The van der Waals surface area contributed by atoms with E-state index in [4.69, 9.17) is 0 Å². The van der Waals surface area contributed by atoms with E-state index >= 15 is 0 Å². The number of unbranched alkanes of at least 4 members (excludes halogenated alkanes) is 4. The molecule has 17 heavy (non-hydrogen) atoms. The second-order valence-corrected chi connectivity index (χ2v) is 10.1. The Hall–Kier alpha value is 0.430. The van der Waals surface area contributed by atoms with E-state index in [0.29, 0.717) is 0 Å². The molecular formula is C16H36P+. The SMILES string of the molecule is CCCCCCC[P+](CCC)(CCC)CCC. The molecular weight excluding hydrogens is 223 g/mol. The summed E-state index contributed by atoms with van der Waals surface area (Å²) in [7, 11) is -0.545. The third-order valence-electron chi connectivity index (χ3n) is 3.83. The molecule has 0 unspecified atom stereocenters. The van der Waals surface area contributed by atoms with Gasteiger partial charge >= 0.3 is 0 Å². The summed E-state index contributed by atoms with van der Waals surface area (Å²) in [5.74, 6) is 0. The average Bonchev–Trinajstić information content (AvgIpc) is 2.30. The molecule has 0 aliphatic carbocycles. The third kappa shape index (κ3) is 8.20. The summed E-state index contributed by atoms with van der Waals surface area (Å²) < 4.78 is 0. The fourth-order valence-electron chi connectivity index (χ4n) is 3.14. The van der Waals surface area contributed by atoms with Gasteiger partial charge in [0.15, 0.2) is 0 Å². The first-order chi connectivity index (χ1) is 8.24. The van der Waals surface area contributed by atoms with Crippen molar-refractivity contribution in [2.24, 2.45) is 0 Å². The molecule has 0 heterocycles. The Balaban J connectivity index is 4.05. The lowest BCUT2D eigenvalue weighted by atomic mass is 10.2. The highest BCUT2D eigenvalue weighted by Crippen LogP contribution is 2.60. The van der Waals surface area contributed by atoms with Gasteiger partial charge in [-0.2, -0.15) is 0 Å². The van der Waals surface area contributed by atoms with E-state index in [1.54, 1.807) is 24.6 Å². The van der Waals surface area contributed by atoms with Crippen molar-refractivity contribution in [3.8, 4) is 0 Å². The van der Waals surface area contributed by atoms with E-state index in [-0.39, 0.29) is 0 Å². The Morgan fingerprint density at radius 1 is 0.471 bits per heavy atom. The van der Waals surface area contributed by atoms with Crippen LogP contribution in [0.2, 0.25) is 0 Å². The molecule has 0 N–H and O–H groups in total. The van der Waals surface area contributed by atoms with Crippen molar-refractivity contribution in [3.63, 3.8) is 0 Å². The van der Waals surface area contributed by atoms with Gasteiger partial charge in [-0.15, -0.1) is 0 Å². The van der Waals surface area contributed by atoms with Gasteiger partial charge in [-0.05, 0) is 32.1 Å². The van der Waals surface area contributed by atoms with Crippen LogP contribution in [0, 0.1) is 0 Å². The maximum atomic E-state index is 2.39. The van der Waals surface area contributed by atoms with Crippen molar-refractivity contribution >= 4 is 7.26 Å². The molecule has 0 saturated carbocycles. The van der Waals surface area contributed by atoms with Gasteiger partial charge in [0.1, 0.15) is 0 Å². The fraction of sp³-hybridized carbons (Fsp3) is 1.00. The highest BCUT2D eigenvalue weighted by molar-refractivity contribution is 7.75. The van der Waals surface area contributed by atoms with Crippen LogP contribution in [0.15, 0.2) is 0 Å². The molecule has 0 spiro atoms. The van der Waals surface area contributed by atoms with Gasteiger partial charge in [0.05, 0.1) is 24.6 Å². The molecule has 0 aliphatic heterocycles. The van der Waals surface area contributed by atoms with E-state index in [9.17, 15) is 0 Å². The second-order valence-electron chi connectivity index (χ2n) is 5.65. The van der Waals surface area contributed by atoms with Gasteiger partial charge in [-0.3, -0.25) is 0 Å². The molecule has 0 saturated heterocycles. The quantitative estimate of drug-likeness (QED) is 0.289. The first-order valence-corrected chi connectivity index (χ1v) is 10.6. The number of hydrogen-bond donors (Lipinski definition) is 0. The van der Waals surface area contributed by atoms with Crippen LogP contribution in [0.25, 0.3) is 0 Å². The van der Waals surface area contributed by atoms with Gasteiger partial charge in [0.2, 0.25) is 0 Å². The molecule has 0 aromatic carbocycles. The predicted molar refractivity (Wildman–Crippen MR) is 86.0 cm³/mol. The van der Waals surface area contributed by atoms with Crippen molar-refractivity contribution in [2.75, 3.05) is 24.6 Å². The van der Waals surface area contributed by atoms with Crippen molar-refractivity contribution in [2.45, 2.75) is 79.1 Å². The number of rotatable bonds is 12. The third-order valence-corrected chi connectivity index (χ3v) is 9.28. The Morgan fingerprint density at radius 3 is 1.35 bits per heavy atom. The van der Waals surface area contributed by atoms with Crippen LogP contribution in [0.3, 0.4) is 0 Å². The van der Waals surface area contributed by atoms with Crippen LogP contribution in [-0.2, 0) is 0 Å². The van der Waals surface area contributed by atoms with Gasteiger partial charge in [0, 0.05) is 7.26 Å². The fourth-order valence-corrected chi connectivity index (χ4v) is 8.23. The lowest BCUT2D eigenvalue weighted by Gasteiger charge is -2.27. The molecule has 0 amide bonds. The largest absolute Gasteiger partial charge is 0.0654 e. The summed E-state index contributed by atoms with van der Waals surface area (Å²) in [5.41, 5.74) is 0. The summed E-state index contributed by atoms with van der Waals surface area (Å²) >= 11 is 0. The monoisotopic (exact) mass is 259 g/mol. The molecule has 0 aromatic heterocycles. The van der Waals surface area contributed by atoms with Crippen LogP contribution in [-0.4, -0.2) is 24.6 Å².